The number of benzene rings is 1. The molecule has 0 heterocycles. The van der Waals surface area contributed by atoms with Crippen LogP contribution in [0.1, 0.15) is 98.0 Å². The number of aliphatic hydroxyl groups is 2. The van der Waals surface area contributed by atoms with Crippen molar-refractivity contribution in [2.24, 2.45) is 40.4 Å². The first kappa shape index (κ1) is 30.2. The Hall–Kier alpha value is -1.24. The van der Waals surface area contributed by atoms with E-state index in [0.29, 0.717) is 47.8 Å². The van der Waals surface area contributed by atoms with Crippen LogP contribution in [0, 0.1) is 47.3 Å². The molecule has 2 unspecified atom stereocenters. The van der Waals surface area contributed by atoms with E-state index in [1.165, 1.54) is 13.8 Å². The van der Waals surface area contributed by atoms with Crippen LogP contribution >= 0.6 is 0 Å². The predicted octanol–water partition coefficient (Wildman–Crippen LogP) is 7.21. The standard InChI is InChI=1S/C34H51FO4S/c1-21-7-11-25(12-8-21)40(38,39)31-20-24(36)19-23-10-13-26-28-15-14-27(22(2)9-16-30(37)32(3,4)35)33(28,5)18-17-29(26)34(23,31)6/h7-8,10-12,22,24,26-31,36-37H,9,13-20H2,1-6H3/t22-,24-,26+,27-,28+,29+,30?,31?,33-,34+/m1/s1. The van der Waals surface area contributed by atoms with Gasteiger partial charge in [0.1, 0.15) is 5.67 Å². The SMILES string of the molecule is Cc1ccc(S(=O)(=O)C2C[C@H](O)CC3=CC[C@H]4[C@@H]5CC[C@H]([C@H](C)CCC(O)C(C)(C)F)[C@@]5(C)CC[C@@H]4[C@]32C)cc1. The zero-order chi connectivity index (χ0) is 29.3. The number of hydrogen-bond donors (Lipinski definition) is 2. The minimum absolute atomic E-state index is 0.179. The molecule has 4 aliphatic carbocycles. The molecule has 1 aromatic rings. The van der Waals surface area contributed by atoms with Gasteiger partial charge in [0.15, 0.2) is 9.84 Å². The molecule has 40 heavy (non-hydrogen) atoms. The number of halogens is 1. The van der Waals surface area contributed by atoms with Gasteiger partial charge >= 0.3 is 0 Å². The highest BCUT2D eigenvalue weighted by Crippen LogP contribution is 2.68. The molecule has 0 amide bonds. The summed E-state index contributed by atoms with van der Waals surface area (Å²) in [6, 6.07) is 7.21. The van der Waals surface area contributed by atoms with Gasteiger partial charge in [0.2, 0.25) is 0 Å². The van der Waals surface area contributed by atoms with E-state index in [4.69, 9.17) is 0 Å². The lowest BCUT2D eigenvalue weighted by atomic mass is 9.46. The maximum absolute atomic E-state index is 14.3. The Morgan fingerprint density at radius 2 is 1.75 bits per heavy atom. The second kappa shape index (κ2) is 10.5. The molecular weight excluding hydrogens is 523 g/mol. The second-order valence-corrected chi connectivity index (χ2v) is 17.1. The summed E-state index contributed by atoms with van der Waals surface area (Å²) in [4.78, 5) is 0.369. The second-order valence-electron chi connectivity index (χ2n) is 14.9. The molecule has 1 aromatic carbocycles. The number of fused-ring (bicyclic) bond motifs is 5. The molecule has 3 saturated carbocycles. The Balaban J connectivity index is 1.42. The number of aryl methyl sites for hydroxylation is 1. The smallest absolute Gasteiger partial charge is 0.182 e. The highest BCUT2D eigenvalue weighted by Gasteiger charge is 2.63. The van der Waals surface area contributed by atoms with Crippen molar-refractivity contribution in [1.29, 1.82) is 0 Å². The number of hydrogen-bond acceptors (Lipinski definition) is 4. The van der Waals surface area contributed by atoms with Gasteiger partial charge in [-0.25, -0.2) is 12.8 Å². The van der Waals surface area contributed by atoms with Crippen LogP contribution in [-0.2, 0) is 9.84 Å². The number of allylic oxidation sites excluding steroid dienone is 1. The maximum atomic E-state index is 14.3. The molecule has 5 rings (SSSR count). The first-order valence-corrected chi connectivity index (χ1v) is 17.2. The zero-order valence-electron chi connectivity index (χ0n) is 25.4. The summed E-state index contributed by atoms with van der Waals surface area (Å²) in [7, 11) is -3.64. The summed E-state index contributed by atoms with van der Waals surface area (Å²) in [6.45, 7) is 11.8. The van der Waals surface area contributed by atoms with Crippen LogP contribution in [0.2, 0.25) is 0 Å². The number of aliphatic hydroxyl groups excluding tert-OH is 2. The van der Waals surface area contributed by atoms with Gasteiger partial charge in [0, 0.05) is 5.41 Å². The Kier molecular flexibility index (Phi) is 7.92. The zero-order valence-corrected chi connectivity index (χ0v) is 26.2. The fourth-order valence-electron chi connectivity index (χ4n) is 9.96. The average Bonchev–Trinajstić information content (AvgIpc) is 3.24. The van der Waals surface area contributed by atoms with Crippen molar-refractivity contribution in [3.63, 3.8) is 0 Å². The molecule has 0 aromatic heterocycles. The molecule has 2 N–H and O–H groups in total. The Morgan fingerprint density at radius 1 is 1.07 bits per heavy atom. The molecule has 0 radical (unpaired) electrons. The third-order valence-electron chi connectivity index (χ3n) is 12.3. The molecule has 0 spiro atoms. The third kappa shape index (κ3) is 4.92. The number of rotatable bonds is 7. The van der Waals surface area contributed by atoms with Gasteiger partial charge in [0.05, 0.1) is 22.4 Å². The lowest BCUT2D eigenvalue weighted by Gasteiger charge is -2.60. The number of alkyl halides is 1. The minimum atomic E-state index is -3.64. The lowest BCUT2D eigenvalue weighted by Crippen LogP contribution is -2.57. The van der Waals surface area contributed by atoms with E-state index < -0.39 is 38.4 Å². The topological polar surface area (TPSA) is 74.6 Å². The van der Waals surface area contributed by atoms with Crippen LogP contribution in [0.3, 0.4) is 0 Å². The van der Waals surface area contributed by atoms with Crippen molar-refractivity contribution in [3.05, 3.63) is 41.5 Å². The van der Waals surface area contributed by atoms with E-state index in [1.807, 2.05) is 19.1 Å². The van der Waals surface area contributed by atoms with Crippen LogP contribution in [0.15, 0.2) is 40.8 Å². The largest absolute Gasteiger partial charge is 0.393 e. The molecular formula is C34H51FO4S. The highest BCUT2D eigenvalue weighted by molar-refractivity contribution is 7.92. The molecule has 0 saturated heterocycles. The summed E-state index contributed by atoms with van der Waals surface area (Å²) in [5.74, 6) is 2.20. The van der Waals surface area contributed by atoms with Gasteiger partial charge in [-0.05, 0) is 126 Å². The summed E-state index contributed by atoms with van der Waals surface area (Å²) in [5.41, 5.74) is 0.310. The van der Waals surface area contributed by atoms with Crippen molar-refractivity contribution in [2.75, 3.05) is 0 Å². The first-order valence-electron chi connectivity index (χ1n) is 15.6. The van der Waals surface area contributed by atoms with Crippen molar-refractivity contribution in [1.82, 2.24) is 0 Å². The molecule has 224 valence electrons. The number of sulfone groups is 1. The highest BCUT2D eigenvalue weighted by atomic mass is 32.2. The van der Waals surface area contributed by atoms with Gasteiger partial charge in [0.25, 0.3) is 0 Å². The van der Waals surface area contributed by atoms with Crippen molar-refractivity contribution in [2.45, 2.75) is 127 Å². The van der Waals surface area contributed by atoms with E-state index in [9.17, 15) is 23.0 Å². The Labute approximate surface area is 241 Å². The van der Waals surface area contributed by atoms with Crippen molar-refractivity contribution >= 4 is 9.84 Å². The molecule has 6 heteroatoms. The van der Waals surface area contributed by atoms with Gasteiger partial charge < -0.3 is 10.2 Å². The maximum Gasteiger partial charge on any atom is 0.182 e. The van der Waals surface area contributed by atoms with Crippen molar-refractivity contribution < 1.29 is 23.0 Å². The monoisotopic (exact) mass is 574 g/mol. The molecule has 0 aliphatic heterocycles. The first-order chi connectivity index (χ1) is 18.6. The Bertz CT molecular complexity index is 1220. The fourth-order valence-corrected chi connectivity index (χ4v) is 12.2. The summed E-state index contributed by atoms with van der Waals surface area (Å²) in [6.07, 6.45) is 8.28. The van der Waals surface area contributed by atoms with Gasteiger partial charge in [-0.1, -0.05) is 50.1 Å². The quantitative estimate of drug-likeness (QED) is 0.338. The predicted molar refractivity (Wildman–Crippen MR) is 158 cm³/mol. The summed E-state index contributed by atoms with van der Waals surface area (Å²) >= 11 is 0. The average molecular weight is 575 g/mol. The van der Waals surface area contributed by atoms with E-state index in [1.54, 1.807) is 12.1 Å². The van der Waals surface area contributed by atoms with Gasteiger partial charge in [-0.2, -0.15) is 0 Å². The van der Waals surface area contributed by atoms with Crippen LogP contribution in [-0.4, -0.2) is 41.8 Å². The Morgan fingerprint density at radius 3 is 2.40 bits per heavy atom. The van der Waals surface area contributed by atoms with E-state index in [-0.39, 0.29) is 11.3 Å². The summed E-state index contributed by atoms with van der Waals surface area (Å²) in [5, 5.41) is 20.6. The van der Waals surface area contributed by atoms with Gasteiger partial charge in [-0.15, -0.1) is 0 Å². The van der Waals surface area contributed by atoms with Crippen LogP contribution < -0.4 is 0 Å². The van der Waals surface area contributed by atoms with E-state index in [2.05, 4.69) is 26.8 Å². The van der Waals surface area contributed by atoms with Crippen LogP contribution in [0.5, 0.6) is 0 Å². The van der Waals surface area contributed by atoms with E-state index in [0.717, 1.165) is 49.7 Å². The molecule has 4 aliphatic rings. The molecule has 4 nitrogen and oxygen atoms in total. The molecule has 3 fully saturated rings. The minimum Gasteiger partial charge on any atom is -0.393 e. The van der Waals surface area contributed by atoms with Crippen LogP contribution in [0.25, 0.3) is 0 Å². The molecule has 10 atom stereocenters. The normalized spacial score (nSPS) is 39.5. The fraction of sp³-hybridized carbons (Fsp3) is 0.765. The third-order valence-corrected chi connectivity index (χ3v) is 14.7. The van der Waals surface area contributed by atoms with Gasteiger partial charge in [-0.3, -0.25) is 0 Å². The van der Waals surface area contributed by atoms with E-state index >= 15 is 0 Å². The molecule has 0 bridgehead atoms. The lowest BCUT2D eigenvalue weighted by molar-refractivity contribution is -0.0575. The van der Waals surface area contributed by atoms with Crippen molar-refractivity contribution in [3.8, 4) is 0 Å². The summed E-state index contributed by atoms with van der Waals surface area (Å²) < 4.78 is 42.7. The van der Waals surface area contributed by atoms with Crippen LogP contribution in [0.4, 0.5) is 4.39 Å².